The molecule has 0 aromatic heterocycles. The first kappa shape index (κ1) is 10.7. The van der Waals surface area contributed by atoms with Gasteiger partial charge in [0.1, 0.15) is 5.78 Å². The third kappa shape index (κ3) is 3.47. The van der Waals surface area contributed by atoms with Gasteiger partial charge in [-0.25, -0.2) is 0 Å². The van der Waals surface area contributed by atoms with Crippen molar-refractivity contribution in [3.05, 3.63) is 0 Å². The van der Waals surface area contributed by atoms with E-state index in [0.717, 1.165) is 25.4 Å². The van der Waals surface area contributed by atoms with Crippen molar-refractivity contribution >= 4 is 5.78 Å². The first-order chi connectivity index (χ1) is 6.24. The molecule has 1 aliphatic rings. The fourth-order valence-corrected chi connectivity index (χ4v) is 2.03. The molecule has 1 rings (SSSR count). The average molecular weight is 183 g/mol. The van der Waals surface area contributed by atoms with Gasteiger partial charge in [-0.1, -0.05) is 13.8 Å². The maximum Gasteiger partial charge on any atom is 0.132 e. The molecule has 2 unspecified atom stereocenters. The molecule has 2 atom stereocenters. The first-order valence-electron chi connectivity index (χ1n) is 5.46. The van der Waals surface area contributed by atoms with Crippen LogP contribution in [0.2, 0.25) is 0 Å². The predicted molar refractivity (Wildman–Crippen MR) is 54.7 cm³/mol. The maximum atomic E-state index is 11.2. The topological polar surface area (TPSA) is 29.1 Å². The molecule has 0 spiro atoms. The number of carbonyl (C=O) groups is 1. The van der Waals surface area contributed by atoms with Gasteiger partial charge in [-0.15, -0.1) is 0 Å². The number of ketones is 1. The molecule has 0 bridgehead atoms. The van der Waals surface area contributed by atoms with E-state index in [0.29, 0.717) is 18.1 Å². The van der Waals surface area contributed by atoms with Crippen molar-refractivity contribution in [1.82, 2.24) is 5.32 Å². The van der Waals surface area contributed by atoms with Crippen molar-refractivity contribution in [2.45, 2.75) is 39.5 Å². The second kappa shape index (κ2) is 5.38. The van der Waals surface area contributed by atoms with Gasteiger partial charge in [0, 0.05) is 12.8 Å². The third-order valence-electron chi connectivity index (χ3n) is 3.08. The molecule has 1 N–H and O–H groups in total. The van der Waals surface area contributed by atoms with E-state index in [-0.39, 0.29) is 0 Å². The summed E-state index contributed by atoms with van der Waals surface area (Å²) < 4.78 is 0. The Hall–Kier alpha value is -0.370. The Morgan fingerprint density at radius 1 is 1.62 bits per heavy atom. The highest BCUT2D eigenvalue weighted by Gasteiger charge is 2.21. The molecule has 1 saturated heterocycles. The summed E-state index contributed by atoms with van der Waals surface area (Å²) in [7, 11) is 0. The SMILES string of the molecule is CCC(=O)CC(C)C1CCCNC1. The van der Waals surface area contributed by atoms with E-state index >= 15 is 0 Å². The second-order valence-electron chi connectivity index (χ2n) is 4.18. The molecule has 0 aromatic carbocycles. The predicted octanol–water partition coefficient (Wildman–Crippen LogP) is 1.99. The summed E-state index contributed by atoms with van der Waals surface area (Å²) in [6, 6.07) is 0. The summed E-state index contributed by atoms with van der Waals surface area (Å²) in [6.45, 7) is 6.43. The molecule has 1 aliphatic heterocycles. The summed E-state index contributed by atoms with van der Waals surface area (Å²) >= 11 is 0. The van der Waals surface area contributed by atoms with Crippen LogP contribution < -0.4 is 5.32 Å². The van der Waals surface area contributed by atoms with Crippen LogP contribution >= 0.6 is 0 Å². The lowest BCUT2D eigenvalue weighted by atomic mass is 9.84. The smallest absolute Gasteiger partial charge is 0.132 e. The van der Waals surface area contributed by atoms with Crippen molar-refractivity contribution in [2.75, 3.05) is 13.1 Å². The molecular weight excluding hydrogens is 162 g/mol. The van der Waals surface area contributed by atoms with Gasteiger partial charge in [0.25, 0.3) is 0 Å². The summed E-state index contributed by atoms with van der Waals surface area (Å²) in [4.78, 5) is 11.2. The van der Waals surface area contributed by atoms with E-state index in [4.69, 9.17) is 0 Å². The molecule has 2 heteroatoms. The number of hydrogen-bond acceptors (Lipinski definition) is 2. The largest absolute Gasteiger partial charge is 0.316 e. The zero-order chi connectivity index (χ0) is 9.68. The van der Waals surface area contributed by atoms with Gasteiger partial charge in [0.05, 0.1) is 0 Å². The fraction of sp³-hybridized carbons (Fsp3) is 0.909. The van der Waals surface area contributed by atoms with Crippen LogP contribution in [0.5, 0.6) is 0 Å². The number of hydrogen-bond donors (Lipinski definition) is 1. The maximum absolute atomic E-state index is 11.2. The van der Waals surface area contributed by atoms with Crippen LogP contribution in [0.1, 0.15) is 39.5 Å². The number of Topliss-reactive ketones (excluding diaryl/α,β-unsaturated/α-hetero) is 1. The summed E-state index contributed by atoms with van der Waals surface area (Å²) in [6.07, 6.45) is 4.05. The molecule has 13 heavy (non-hydrogen) atoms. The molecule has 0 amide bonds. The lowest BCUT2D eigenvalue weighted by Gasteiger charge is -2.27. The normalized spacial score (nSPS) is 25.5. The van der Waals surface area contributed by atoms with Gasteiger partial charge in [-0.3, -0.25) is 4.79 Å². The van der Waals surface area contributed by atoms with Crippen LogP contribution in [0, 0.1) is 11.8 Å². The highest BCUT2D eigenvalue weighted by molar-refractivity contribution is 5.78. The number of rotatable bonds is 4. The average Bonchev–Trinajstić information content (AvgIpc) is 2.19. The van der Waals surface area contributed by atoms with Gasteiger partial charge >= 0.3 is 0 Å². The second-order valence-corrected chi connectivity index (χ2v) is 4.18. The zero-order valence-corrected chi connectivity index (χ0v) is 8.81. The van der Waals surface area contributed by atoms with E-state index in [9.17, 15) is 4.79 Å². The minimum atomic E-state index is 0.415. The van der Waals surface area contributed by atoms with Gasteiger partial charge in [0.2, 0.25) is 0 Å². The molecule has 0 aromatic rings. The Labute approximate surface area is 81.1 Å². The van der Waals surface area contributed by atoms with Gasteiger partial charge in [0.15, 0.2) is 0 Å². The molecule has 76 valence electrons. The Bertz CT molecular complexity index is 161. The van der Waals surface area contributed by atoms with Crippen LogP contribution in [-0.4, -0.2) is 18.9 Å². The first-order valence-corrected chi connectivity index (χ1v) is 5.46. The van der Waals surface area contributed by atoms with Gasteiger partial charge in [-0.05, 0) is 37.8 Å². The molecular formula is C11H21NO. The minimum Gasteiger partial charge on any atom is -0.316 e. The standard InChI is InChI=1S/C11H21NO/c1-3-11(13)7-9(2)10-5-4-6-12-8-10/h9-10,12H,3-8H2,1-2H3. The highest BCUT2D eigenvalue weighted by Crippen LogP contribution is 2.22. The molecule has 0 aliphatic carbocycles. The number of nitrogens with one attached hydrogen (secondary N) is 1. The third-order valence-corrected chi connectivity index (χ3v) is 3.08. The highest BCUT2D eigenvalue weighted by atomic mass is 16.1. The van der Waals surface area contributed by atoms with Crippen molar-refractivity contribution in [2.24, 2.45) is 11.8 Å². The van der Waals surface area contributed by atoms with Crippen LogP contribution in [-0.2, 0) is 4.79 Å². The van der Waals surface area contributed by atoms with Crippen LogP contribution in [0.25, 0.3) is 0 Å². The zero-order valence-electron chi connectivity index (χ0n) is 8.81. The van der Waals surface area contributed by atoms with Gasteiger partial charge in [-0.2, -0.15) is 0 Å². The van der Waals surface area contributed by atoms with E-state index in [1.165, 1.54) is 12.8 Å². The fourth-order valence-electron chi connectivity index (χ4n) is 2.03. The van der Waals surface area contributed by atoms with Crippen molar-refractivity contribution in [3.63, 3.8) is 0 Å². The molecule has 1 heterocycles. The lowest BCUT2D eigenvalue weighted by molar-refractivity contribution is -0.119. The Morgan fingerprint density at radius 2 is 2.38 bits per heavy atom. The van der Waals surface area contributed by atoms with Crippen molar-refractivity contribution in [3.8, 4) is 0 Å². The van der Waals surface area contributed by atoms with E-state index < -0.39 is 0 Å². The molecule has 2 nitrogen and oxygen atoms in total. The van der Waals surface area contributed by atoms with Crippen molar-refractivity contribution < 1.29 is 4.79 Å². The molecule has 0 radical (unpaired) electrons. The minimum absolute atomic E-state index is 0.415. The Morgan fingerprint density at radius 3 is 2.92 bits per heavy atom. The monoisotopic (exact) mass is 183 g/mol. The van der Waals surface area contributed by atoms with E-state index in [1.807, 2.05) is 6.92 Å². The molecule has 0 saturated carbocycles. The summed E-state index contributed by atoms with van der Waals surface area (Å²) in [5.41, 5.74) is 0. The van der Waals surface area contributed by atoms with Crippen LogP contribution in [0.4, 0.5) is 0 Å². The Balaban J connectivity index is 2.28. The Kier molecular flexibility index (Phi) is 4.43. The lowest BCUT2D eigenvalue weighted by Crippen LogP contribution is -2.33. The van der Waals surface area contributed by atoms with E-state index in [1.54, 1.807) is 0 Å². The summed E-state index contributed by atoms with van der Waals surface area (Å²) in [5, 5.41) is 3.40. The van der Waals surface area contributed by atoms with Crippen molar-refractivity contribution in [1.29, 1.82) is 0 Å². The summed E-state index contributed by atoms with van der Waals surface area (Å²) in [5.74, 6) is 1.71. The number of piperidine rings is 1. The molecule has 1 fully saturated rings. The van der Waals surface area contributed by atoms with Crippen LogP contribution in [0.15, 0.2) is 0 Å². The van der Waals surface area contributed by atoms with Crippen LogP contribution in [0.3, 0.4) is 0 Å². The number of carbonyl (C=O) groups excluding carboxylic acids is 1. The quantitative estimate of drug-likeness (QED) is 0.722. The van der Waals surface area contributed by atoms with E-state index in [2.05, 4.69) is 12.2 Å². The van der Waals surface area contributed by atoms with Gasteiger partial charge < -0.3 is 5.32 Å².